The highest BCUT2D eigenvalue weighted by molar-refractivity contribution is 6.90. The molecule has 2 aromatic heterocycles. The first kappa shape index (κ1) is 27.0. The molecule has 4 heterocycles. The Morgan fingerprint density at radius 3 is 2.56 bits per heavy atom. The number of ether oxygens (including phenoxy) is 2. The number of pyridine rings is 2. The SMILES string of the molecule is CC[C@@]1(O)C(=O)OCc2c1cc1n(c2=O)Cc2cc3c(NC(=O)OC(C)(C)C)c(F)cc([Si](C)(C)C)c3nc2-1. The number of carbonyl (C=O) groups excluding carboxylic acids is 2. The third-order valence-corrected chi connectivity index (χ3v) is 9.18. The Labute approximate surface area is 226 Å². The number of aromatic nitrogens is 2. The van der Waals surface area contributed by atoms with Crippen molar-refractivity contribution in [3.05, 3.63) is 51.1 Å². The molecule has 0 bridgehead atoms. The van der Waals surface area contributed by atoms with E-state index in [2.05, 4.69) is 25.0 Å². The van der Waals surface area contributed by atoms with E-state index >= 15 is 4.39 Å². The van der Waals surface area contributed by atoms with Crippen LogP contribution < -0.4 is 16.1 Å². The molecule has 2 aliphatic heterocycles. The van der Waals surface area contributed by atoms with E-state index in [1.54, 1.807) is 39.8 Å². The second kappa shape index (κ2) is 8.72. The standard InChI is InChI=1S/C28H32FN3O6Si/c1-8-28(36)17-10-19-21-14(12-32(19)24(33)16(17)13-37-25(28)34)9-15-22(31-26(35)38-27(2,3)4)18(29)11-20(23(15)30-21)39(5,6)7/h9-11,36H,8,12-13H2,1-7H3,(H,31,35)/t28-/m0/s1. The van der Waals surface area contributed by atoms with Crippen LogP contribution in [0.25, 0.3) is 22.3 Å². The van der Waals surface area contributed by atoms with Crippen molar-refractivity contribution in [3.8, 4) is 11.4 Å². The monoisotopic (exact) mass is 553 g/mol. The van der Waals surface area contributed by atoms with Gasteiger partial charge in [-0.3, -0.25) is 10.1 Å². The Kier molecular flexibility index (Phi) is 6.04. The van der Waals surface area contributed by atoms with Crippen molar-refractivity contribution in [2.45, 2.75) is 78.1 Å². The summed E-state index contributed by atoms with van der Waals surface area (Å²) in [4.78, 5) is 43.5. The number of halogens is 1. The van der Waals surface area contributed by atoms with Gasteiger partial charge in [-0.2, -0.15) is 0 Å². The van der Waals surface area contributed by atoms with Crippen molar-refractivity contribution in [2.75, 3.05) is 5.32 Å². The van der Waals surface area contributed by atoms with E-state index in [1.165, 1.54) is 10.6 Å². The maximum Gasteiger partial charge on any atom is 0.412 e. The molecule has 5 rings (SSSR count). The molecule has 3 aromatic rings. The van der Waals surface area contributed by atoms with Crippen molar-refractivity contribution < 1.29 is 28.6 Å². The highest BCUT2D eigenvalue weighted by atomic mass is 28.3. The molecule has 1 atom stereocenters. The number of rotatable bonds is 3. The molecule has 0 fully saturated rings. The first-order chi connectivity index (χ1) is 18.0. The normalized spacial score (nSPS) is 18.3. The van der Waals surface area contributed by atoms with Gasteiger partial charge in [-0.05, 0) is 50.6 Å². The minimum Gasteiger partial charge on any atom is -0.458 e. The van der Waals surface area contributed by atoms with Gasteiger partial charge >= 0.3 is 12.1 Å². The number of nitrogens with zero attached hydrogens (tertiary/aromatic N) is 2. The number of benzene rings is 1. The minimum atomic E-state index is -2.14. The molecule has 206 valence electrons. The van der Waals surface area contributed by atoms with Crippen molar-refractivity contribution >= 4 is 41.9 Å². The summed E-state index contributed by atoms with van der Waals surface area (Å²) >= 11 is 0. The molecule has 0 unspecified atom stereocenters. The largest absolute Gasteiger partial charge is 0.458 e. The zero-order chi connectivity index (χ0) is 28.7. The Hall–Kier alpha value is -3.57. The van der Waals surface area contributed by atoms with E-state index in [-0.39, 0.29) is 41.9 Å². The lowest BCUT2D eigenvalue weighted by Crippen LogP contribution is -2.44. The fourth-order valence-electron chi connectivity index (χ4n) is 5.22. The number of hydrogen-bond acceptors (Lipinski definition) is 7. The average molecular weight is 554 g/mol. The summed E-state index contributed by atoms with van der Waals surface area (Å²) in [5.74, 6) is -1.39. The van der Waals surface area contributed by atoms with Crippen LogP contribution in [0.4, 0.5) is 14.9 Å². The predicted octanol–water partition coefficient (Wildman–Crippen LogP) is 4.11. The summed E-state index contributed by atoms with van der Waals surface area (Å²) in [7, 11) is -2.14. The molecular formula is C28H32FN3O6Si. The molecule has 0 saturated carbocycles. The molecule has 0 aliphatic carbocycles. The van der Waals surface area contributed by atoms with Gasteiger partial charge in [-0.25, -0.2) is 19.0 Å². The Morgan fingerprint density at radius 1 is 1.26 bits per heavy atom. The number of carbonyl (C=O) groups is 2. The molecule has 2 N–H and O–H groups in total. The van der Waals surface area contributed by atoms with Gasteiger partial charge in [0, 0.05) is 16.5 Å². The number of cyclic esters (lactones) is 1. The maximum absolute atomic E-state index is 15.5. The number of fused-ring (bicyclic) bond motifs is 5. The average Bonchev–Trinajstić information content (AvgIpc) is 3.18. The number of aliphatic hydroxyl groups is 1. The van der Waals surface area contributed by atoms with Crippen LogP contribution in [0.2, 0.25) is 19.6 Å². The molecule has 39 heavy (non-hydrogen) atoms. The highest BCUT2D eigenvalue weighted by Crippen LogP contribution is 2.39. The lowest BCUT2D eigenvalue weighted by atomic mass is 9.86. The molecule has 0 spiro atoms. The van der Waals surface area contributed by atoms with Gasteiger partial charge in [-0.15, -0.1) is 0 Å². The summed E-state index contributed by atoms with van der Waals surface area (Å²) in [6.45, 7) is 12.9. The van der Waals surface area contributed by atoms with Gasteiger partial charge in [0.1, 0.15) is 18.0 Å². The zero-order valence-corrected chi connectivity index (χ0v) is 24.1. The van der Waals surface area contributed by atoms with E-state index in [1.807, 2.05) is 0 Å². The molecule has 1 amide bonds. The van der Waals surface area contributed by atoms with Gasteiger partial charge in [0.25, 0.3) is 5.56 Å². The summed E-state index contributed by atoms with van der Waals surface area (Å²) < 4.78 is 27.6. The summed E-state index contributed by atoms with van der Waals surface area (Å²) in [6.07, 6.45) is -0.752. The van der Waals surface area contributed by atoms with Crippen LogP contribution in [0.5, 0.6) is 0 Å². The fourth-order valence-corrected chi connectivity index (χ4v) is 6.68. The number of esters is 1. The second-order valence-electron chi connectivity index (χ2n) is 12.2. The van der Waals surface area contributed by atoms with Crippen LogP contribution in [0.15, 0.2) is 23.0 Å². The Morgan fingerprint density at radius 2 is 1.95 bits per heavy atom. The first-order valence-corrected chi connectivity index (χ1v) is 16.4. The number of amides is 1. The third-order valence-electron chi connectivity index (χ3n) is 7.18. The number of anilines is 1. The van der Waals surface area contributed by atoms with Crippen LogP contribution in [0.3, 0.4) is 0 Å². The minimum absolute atomic E-state index is 0.0402. The van der Waals surface area contributed by atoms with E-state index in [9.17, 15) is 19.5 Å². The molecule has 1 aromatic carbocycles. The van der Waals surface area contributed by atoms with Crippen molar-refractivity contribution in [1.29, 1.82) is 0 Å². The highest BCUT2D eigenvalue weighted by Gasteiger charge is 2.45. The Balaban J connectivity index is 1.75. The van der Waals surface area contributed by atoms with Crippen LogP contribution in [0.1, 0.15) is 50.8 Å². The lowest BCUT2D eigenvalue weighted by Gasteiger charge is -2.31. The number of nitrogens with one attached hydrogen (secondary N) is 1. The molecule has 0 radical (unpaired) electrons. The first-order valence-electron chi connectivity index (χ1n) is 12.9. The number of hydrogen-bond donors (Lipinski definition) is 2. The smallest absolute Gasteiger partial charge is 0.412 e. The van der Waals surface area contributed by atoms with Crippen LogP contribution >= 0.6 is 0 Å². The topological polar surface area (TPSA) is 120 Å². The van der Waals surface area contributed by atoms with Crippen LogP contribution in [-0.4, -0.2) is 40.4 Å². The summed E-state index contributed by atoms with van der Waals surface area (Å²) in [5.41, 5.74) is -0.548. The van der Waals surface area contributed by atoms with Gasteiger partial charge in [0.15, 0.2) is 5.60 Å². The van der Waals surface area contributed by atoms with Gasteiger partial charge in [0.2, 0.25) is 0 Å². The van der Waals surface area contributed by atoms with Gasteiger partial charge in [0.05, 0.1) is 42.8 Å². The van der Waals surface area contributed by atoms with Crippen molar-refractivity contribution in [1.82, 2.24) is 9.55 Å². The quantitative estimate of drug-likeness (QED) is 0.289. The summed E-state index contributed by atoms with van der Waals surface area (Å²) in [5, 5.41) is 14.8. The fraction of sp³-hybridized carbons (Fsp3) is 0.429. The zero-order valence-electron chi connectivity index (χ0n) is 23.1. The second-order valence-corrected chi connectivity index (χ2v) is 17.2. The summed E-state index contributed by atoms with van der Waals surface area (Å²) in [6, 6.07) is 4.81. The van der Waals surface area contributed by atoms with Crippen LogP contribution in [0, 0.1) is 5.82 Å². The predicted molar refractivity (Wildman–Crippen MR) is 147 cm³/mol. The van der Waals surface area contributed by atoms with Crippen LogP contribution in [-0.2, 0) is 33.0 Å². The van der Waals surface area contributed by atoms with Crippen molar-refractivity contribution in [3.63, 3.8) is 0 Å². The van der Waals surface area contributed by atoms with E-state index in [4.69, 9.17) is 14.5 Å². The lowest BCUT2D eigenvalue weighted by molar-refractivity contribution is -0.172. The van der Waals surface area contributed by atoms with E-state index in [0.29, 0.717) is 27.9 Å². The Bertz CT molecular complexity index is 1640. The van der Waals surface area contributed by atoms with Gasteiger partial charge in [-0.1, -0.05) is 26.6 Å². The molecule has 0 saturated heterocycles. The van der Waals surface area contributed by atoms with E-state index in [0.717, 1.165) is 5.19 Å². The molecule has 11 heteroatoms. The molecule has 2 aliphatic rings. The maximum atomic E-state index is 15.5. The molecule has 9 nitrogen and oxygen atoms in total. The molecular weight excluding hydrogens is 521 g/mol. The van der Waals surface area contributed by atoms with E-state index < -0.39 is 37.2 Å². The third kappa shape index (κ3) is 4.33. The van der Waals surface area contributed by atoms with Crippen molar-refractivity contribution in [2.24, 2.45) is 0 Å². The van der Waals surface area contributed by atoms with Gasteiger partial charge < -0.3 is 19.1 Å².